The minimum Gasteiger partial charge on any atom is -0.394 e. The summed E-state index contributed by atoms with van der Waals surface area (Å²) in [6.45, 7) is 6.84. The summed E-state index contributed by atoms with van der Waals surface area (Å²) in [6, 6.07) is 2.02. The van der Waals surface area contributed by atoms with Crippen LogP contribution in [0.4, 0.5) is 11.8 Å². The van der Waals surface area contributed by atoms with Gasteiger partial charge in [-0.15, -0.1) is 11.3 Å². The van der Waals surface area contributed by atoms with Gasteiger partial charge in [-0.2, -0.15) is 4.98 Å². The maximum Gasteiger partial charge on any atom is 0.226 e. The van der Waals surface area contributed by atoms with E-state index in [1.807, 2.05) is 44.2 Å². The fourth-order valence-electron chi connectivity index (χ4n) is 1.73. The van der Waals surface area contributed by atoms with Crippen LogP contribution in [0.25, 0.3) is 10.2 Å². The van der Waals surface area contributed by atoms with Crippen molar-refractivity contribution >= 4 is 33.3 Å². The molecule has 0 fully saturated rings. The lowest BCUT2D eigenvalue weighted by molar-refractivity contribution is 0.216. The fourth-order valence-corrected chi connectivity index (χ4v) is 2.48. The first kappa shape index (κ1) is 14.0. The monoisotopic (exact) mass is 280 g/mol. The lowest BCUT2D eigenvalue weighted by Gasteiger charge is -2.35. The third-order valence-corrected chi connectivity index (χ3v) is 4.06. The average molecular weight is 280 g/mol. The van der Waals surface area contributed by atoms with Crippen molar-refractivity contribution in [3.63, 3.8) is 0 Å². The summed E-state index contributed by atoms with van der Waals surface area (Å²) in [5, 5.41) is 15.7. The van der Waals surface area contributed by atoms with Crippen LogP contribution >= 0.6 is 11.3 Å². The first-order valence-corrected chi connectivity index (χ1v) is 7.21. The summed E-state index contributed by atoms with van der Waals surface area (Å²) >= 11 is 1.60. The molecule has 2 aromatic heterocycles. The largest absolute Gasteiger partial charge is 0.394 e. The van der Waals surface area contributed by atoms with Crippen LogP contribution in [0.3, 0.4) is 0 Å². The van der Waals surface area contributed by atoms with Crippen LogP contribution < -0.4 is 10.2 Å². The number of hydrogen-bond donors (Lipinski definition) is 2. The molecular formula is C13H20N4OS. The summed E-state index contributed by atoms with van der Waals surface area (Å²) < 4.78 is 0. The van der Waals surface area contributed by atoms with Gasteiger partial charge in [0.25, 0.3) is 0 Å². The van der Waals surface area contributed by atoms with Crippen molar-refractivity contribution in [2.24, 2.45) is 0 Å². The lowest BCUT2D eigenvalue weighted by atomic mass is 10.1. The number of thiophene rings is 1. The number of aliphatic hydroxyl groups is 1. The zero-order valence-corrected chi connectivity index (χ0v) is 12.6. The number of hydrogen-bond acceptors (Lipinski definition) is 6. The van der Waals surface area contributed by atoms with Crippen LogP contribution in [0.2, 0.25) is 0 Å². The molecule has 0 aromatic carbocycles. The molecule has 5 nitrogen and oxygen atoms in total. The van der Waals surface area contributed by atoms with Crippen LogP contribution in [0, 0.1) is 0 Å². The average Bonchev–Trinajstić information content (AvgIpc) is 2.85. The second kappa shape index (κ2) is 5.30. The van der Waals surface area contributed by atoms with E-state index in [4.69, 9.17) is 0 Å². The first-order valence-electron chi connectivity index (χ1n) is 6.33. The van der Waals surface area contributed by atoms with Gasteiger partial charge < -0.3 is 15.3 Å². The van der Waals surface area contributed by atoms with E-state index in [9.17, 15) is 5.11 Å². The number of fused-ring (bicyclic) bond motifs is 1. The van der Waals surface area contributed by atoms with E-state index in [2.05, 4.69) is 15.3 Å². The smallest absolute Gasteiger partial charge is 0.226 e. The predicted molar refractivity (Wildman–Crippen MR) is 81.1 cm³/mol. The van der Waals surface area contributed by atoms with Crippen molar-refractivity contribution in [2.75, 3.05) is 30.4 Å². The van der Waals surface area contributed by atoms with Crippen molar-refractivity contribution in [3.8, 4) is 0 Å². The topological polar surface area (TPSA) is 61.3 Å². The van der Waals surface area contributed by atoms with Gasteiger partial charge in [0.05, 0.1) is 17.5 Å². The summed E-state index contributed by atoms with van der Waals surface area (Å²) in [5.74, 6) is 1.48. The molecule has 0 spiro atoms. The molecule has 6 heteroatoms. The normalized spacial score (nSPS) is 11.8. The van der Waals surface area contributed by atoms with E-state index in [0.717, 1.165) is 22.6 Å². The minimum absolute atomic E-state index is 0.0652. The second-order valence-electron chi connectivity index (χ2n) is 5.07. The van der Waals surface area contributed by atoms with Crippen LogP contribution in [0.1, 0.15) is 20.8 Å². The van der Waals surface area contributed by atoms with Crippen molar-refractivity contribution in [1.29, 1.82) is 0 Å². The maximum absolute atomic E-state index is 9.52. The Balaban J connectivity index is 2.54. The zero-order chi connectivity index (χ0) is 14.0. The summed E-state index contributed by atoms with van der Waals surface area (Å²) in [5.41, 5.74) is -0.368. The molecule has 2 aromatic rings. The molecule has 2 N–H and O–H groups in total. The molecule has 19 heavy (non-hydrogen) atoms. The third-order valence-electron chi connectivity index (χ3n) is 3.25. The van der Waals surface area contributed by atoms with Crippen LogP contribution in [0.15, 0.2) is 11.4 Å². The van der Waals surface area contributed by atoms with Gasteiger partial charge in [-0.3, -0.25) is 0 Å². The highest BCUT2D eigenvalue weighted by molar-refractivity contribution is 7.16. The molecule has 0 bridgehead atoms. The van der Waals surface area contributed by atoms with Crippen LogP contribution in [-0.2, 0) is 0 Å². The first-order chi connectivity index (χ1) is 8.99. The van der Waals surface area contributed by atoms with Crippen molar-refractivity contribution in [1.82, 2.24) is 9.97 Å². The highest BCUT2D eigenvalue weighted by Crippen LogP contribution is 2.31. The minimum atomic E-state index is -0.368. The number of likely N-dealkylation sites (N-methyl/N-ethyl adjacent to an activating group) is 1. The Morgan fingerprint density at radius 1 is 1.42 bits per heavy atom. The summed E-state index contributed by atoms with van der Waals surface area (Å²) in [7, 11) is 1.95. The van der Waals surface area contributed by atoms with E-state index in [0.29, 0.717) is 5.95 Å². The molecule has 0 radical (unpaired) electrons. The van der Waals surface area contributed by atoms with Gasteiger partial charge in [-0.1, -0.05) is 0 Å². The lowest BCUT2D eigenvalue weighted by Crippen LogP contribution is -2.45. The number of rotatable bonds is 5. The van der Waals surface area contributed by atoms with E-state index in [-0.39, 0.29) is 12.1 Å². The standard InChI is InChI=1S/C13H20N4OS/c1-5-14-12-15-10(17(4)13(2,3)8-18)9-6-7-19-11(9)16-12/h6-7,18H,5,8H2,1-4H3,(H,14,15,16). The molecular weight excluding hydrogens is 260 g/mol. The summed E-state index contributed by atoms with van der Waals surface area (Å²) in [6.07, 6.45) is 0. The molecule has 2 rings (SSSR count). The summed E-state index contributed by atoms with van der Waals surface area (Å²) in [4.78, 5) is 12.0. The molecule has 104 valence electrons. The Morgan fingerprint density at radius 2 is 2.16 bits per heavy atom. The number of nitrogens with one attached hydrogen (secondary N) is 1. The molecule has 0 saturated carbocycles. The van der Waals surface area contributed by atoms with Crippen molar-refractivity contribution in [3.05, 3.63) is 11.4 Å². The Morgan fingerprint density at radius 3 is 2.79 bits per heavy atom. The van der Waals surface area contributed by atoms with Gasteiger partial charge >= 0.3 is 0 Å². The van der Waals surface area contributed by atoms with Gasteiger partial charge in [0.15, 0.2) is 0 Å². The van der Waals surface area contributed by atoms with Gasteiger partial charge in [-0.05, 0) is 32.2 Å². The molecule has 0 aliphatic heterocycles. The van der Waals surface area contributed by atoms with E-state index < -0.39 is 0 Å². The molecule has 0 unspecified atom stereocenters. The number of nitrogens with zero attached hydrogens (tertiary/aromatic N) is 3. The Kier molecular flexibility index (Phi) is 3.91. The molecule has 0 aliphatic carbocycles. The van der Waals surface area contributed by atoms with Crippen molar-refractivity contribution in [2.45, 2.75) is 26.3 Å². The number of aliphatic hydroxyl groups excluding tert-OH is 1. The van der Waals surface area contributed by atoms with E-state index in [1.54, 1.807) is 11.3 Å². The quantitative estimate of drug-likeness (QED) is 0.880. The van der Waals surface area contributed by atoms with E-state index in [1.165, 1.54) is 0 Å². The van der Waals surface area contributed by atoms with Crippen LogP contribution in [-0.4, -0.2) is 40.8 Å². The SMILES string of the molecule is CCNc1nc(N(C)C(C)(C)CO)c2ccsc2n1. The zero-order valence-electron chi connectivity index (χ0n) is 11.8. The van der Waals surface area contributed by atoms with E-state index >= 15 is 0 Å². The number of anilines is 2. The maximum atomic E-state index is 9.52. The van der Waals surface area contributed by atoms with Gasteiger partial charge in [0, 0.05) is 13.6 Å². The highest BCUT2D eigenvalue weighted by atomic mass is 32.1. The van der Waals surface area contributed by atoms with Crippen LogP contribution in [0.5, 0.6) is 0 Å². The molecule has 0 amide bonds. The van der Waals surface area contributed by atoms with Gasteiger partial charge in [-0.25, -0.2) is 4.98 Å². The van der Waals surface area contributed by atoms with Crippen molar-refractivity contribution < 1.29 is 5.11 Å². The molecule has 2 heterocycles. The third kappa shape index (κ3) is 2.64. The molecule has 0 atom stereocenters. The predicted octanol–water partition coefficient (Wildman–Crippen LogP) is 2.33. The van der Waals surface area contributed by atoms with Gasteiger partial charge in [0.2, 0.25) is 5.95 Å². The Labute approximate surface area is 117 Å². The Bertz CT molecular complexity index is 567. The second-order valence-corrected chi connectivity index (χ2v) is 5.96. The van der Waals surface area contributed by atoms with Gasteiger partial charge in [0.1, 0.15) is 10.6 Å². The highest BCUT2D eigenvalue weighted by Gasteiger charge is 2.26. The molecule has 0 aliphatic rings. The molecule has 0 saturated heterocycles. The fraction of sp³-hybridized carbons (Fsp3) is 0.538. The Hall–Kier alpha value is -1.40. The number of aromatic nitrogens is 2.